The molecule has 13 heteroatoms. The van der Waals surface area contributed by atoms with Gasteiger partial charge in [-0.05, 0) is 69.3 Å². The molecule has 2 amide bonds. The van der Waals surface area contributed by atoms with Crippen LogP contribution in [0.4, 0.5) is 0 Å². The lowest BCUT2D eigenvalue weighted by atomic mass is 9.90. The average molecular weight is 838 g/mol. The van der Waals surface area contributed by atoms with Gasteiger partial charge in [0, 0.05) is 47.4 Å². The Hall–Kier alpha value is -5.04. The van der Waals surface area contributed by atoms with Gasteiger partial charge >= 0.3 is 5.97 Å². The van der Waals surface area contributed by atoms with Crippen molar-refractivity contribution in [3.8, 4) is 22.8 Å². The van der Waals surface area contributed by atoms with Gasteiger partial charge in [0.25, 0.3) is 0 Å². The number of aromatic nitrogens is 1. The Balaban J connectivity index is 1.19. The Morgan fingerprint density at radius 3 is 2.58 bits per heavy atom. The number of hydrogen-bond donors (Lipinski definition) is 1. The van der Waals surface area contributed by atoms with Crippen LogP contribution in [0.15, 0.2) is 66.8 Å². The number of hydrogen-bond acceptors (Lipinski definition) is 10. The van der Waals surface area contributed by atoms with E-state index in [1.165, 1.54) is 0 Å². The van der Waals surface area contributed by atoms with Crippen molar-refractivity contribution in [3.05, 3.63) is 72.3 Å². The zero-order valence-electron chi connectivity index (χ0n) is 34.5. The lowest BCUT2D eigenvalue weighted by Gasteiger charge is -2.29. The van der Waals surface area contributed by atoms with Gasteiger partial charge in [0.05, 0.1) is 54.6 Å². The number of amides is 2. The smallest absolute Gasteiger partial charge is 0.306 e. The number of benzene rings is 2. The number of fused-ring (bicyclic) bond motifs is 4. The topological polar surface area (TPSA) is 158 Å². The molecule has 3 fully saturated rings. The number of methoxy groups -OCH3 is 1. The summed E-state index contributed by atoms with van der Waals surface area (Å²) in [6, 6.07) is 14.6. The number of ether oxygens (including phenoxy) is 3. The van der Waals surface area contributed by atoms with Gasteiger partial charge in [0.2, 0.25) is 21.8 Å². The second-order valence-corrected chi connectivity index (χ2v) is 19.4. The second-order valence-electron chi connectivity index (χ2n) is 17.5. The van der Waals surface area contributed by atoms with Gasteiger partial charge < -0.3 is 19.1 Å². The summed E-state index contributed by atoms with van der Waals surface area (Å²) in [5.74, 6) is -1.55. The molecule has 5 bridgehead atoms. The fraction of sp³-hybridized carbons (Fsp3) is 0.511. The highest BCUT2D eigenvalue weighted by atomic mass is 32.2. The molecule has 3 aliphatic heterocycles. The first-order valence-electron chi connectivity index (χ1n) is 21.6. The summed E-state index contributed by atoms with van der Waals surface area (Å²) in [4.78, 5) is 63.5. The van der Waals surface area contributed by atoms with Crippen LogP contribution in [0.1, 0.15) is 96.0 Å². The summed E-state index contributed by atoms with van der Waals surface area (Å²) < 4.78 is 46.8. The van der Waals surface area contributed by atoms with Crippen LogP contribution in [0.3, 0.4) is 0 Å². The van der Waals surface area contributed by atoms with E-state index in [9.17, 15) is 27.6 Å². The molecule has 60 heavy (non-hydrogen) atoms. The van der Waals surface area contributed by atoms with Crippen molar-refractivity contribution in [1.82, 2.24) is 14.6 Å². The zero-order chi connectivity index (χ0) is 42.0. The van der Waals surface area contributed by atoms with Crippen LogP contribution < -0.4 is 14.2 Å². The van der Waals surface area contributed by atoms with E-state index in [4.69, 9.17) is 19.2 Å². The van der Waals surface area contributed by atoms with E-state index in [0.29, 0.717) is 54.8 Å². The minimum absolute atomic E-state index is 0.0732. The second kappa shape index (κ2) is 17.5. The highest BCUT2D eigenvalue weighted by Crippen LogP contribution is 2.57. The third kappa shape index (κ3) is 9.16. The summed E-state index contributed by atoms with van der Waals surface area (Å²) in [5, 5.41) is 0.138. The third-order valence-electron chi connectivity index (χ3n) is 12.9. The first kappa shape index (κ1) is 41.7. The maximum absolute atomic E-state index is 14.8. The largest absolute Gasteiger partial charge is 0.496 e. The van der Waals surface area contributed by atoms with Crippen LogP contribution in [-0.4, -0.2) is 79.5 Å². The average Bonchev–Trinajstić information content (AvgIpc) is 4.17. The molecule has 2 aromatic carbocycles. The number of carbonyl (C=O) groups is 4. The maximum Gasteiger partial charge on any atom is 0.306 e. The molecule has 4 heterocycles. The quantitative estimate of drug-likeness (QED) is 0.204. The predicted octanol–water partition coefficient (Wildman–Crippen LogP) is 7.35. The summed E-state index contributed by atoms with van der Waals surface area (Å²) in [6.45, 7) is 2.33. The Labute approximate surface area is 352 Å². The van der Waals surface area contributed by atoms with Crippen molar-refractivity contribution < 1.29 is 41.8 Å². The van der Waals surface area contributed by atoms with Crippen LogP contribution in [0.25, 0.3) is 28.2 Å². The Morgan fingerprint density at radius 1 is 0.983 bits per heavy atom. The van der Waals surface area contributed by atoms with Gasteiger partial charge in [-0.3, -0.25) is 23.9 Å². The lowest BCUT2D eigenvalue weighted by Crippen LogP contribution is -2.46. The monoisotopic (exact) mass is 837 g/mol. The van der Waals surface area contributed by atoms with Crippen molar-refractivity contribution in [1.29, 1.82) is 0 Å². The first-order chi connectivity index (χ1) is 28.9. The molecular formula is C47H55N3O9S. The van der Waals surface area contributed by atoms with Crippen molar-refractivity contribution in [2.24, 2.45) is 23.2 Å². The van der Waals surface area contributed by atoms with E-state index in [1.807, 2.05) is 73.7 Å². The molecule has 2 aliphatic carbocycles. The van der Waals surface area contributed by atoms with E-state index >= 15 is 0 Å². The van der Waals surface area contributed by atoms with Gasteiger partial charge in [0.1, 0.15) is 17.6 Å². The molecule has 0 unspecified atom stereocenters. The summed E-state index contributed by atoms with van der Waals surface area (Å²) >= 11 is 0. The van der Waals surface area contributed by atoms with Crippen LogP contribution in [0.5, 0.6) is 11.5 Å². The number of carbonyl (C=O) groups excluding carboxylic acids is 4. The minimum Gasteiger partial charge on any atom is -0.496 e. The summed E-state index contributed by atoms with van der Waals surface area (Å²) in [6.07, 6.45) is 13.6. The molecule has 2 saturated carbocycles. The number of allylic oxidation sites excluding steroid dienone is 3. The van der Waals surface area contributed by atoms with E-state index in [1.54, 1.807) is 12.0 Å². The number of esters is 1. The molecule has 1 aromatic heterocycles. The zero-order valence-corrected chi connectivity index (χ0v) is 35.3. The predicted molar refractivity (Wildman–Crippen MR) is 227 cm³/mol. The van der Waals surface area contributed by atoms with Gasteiger partial charge in [-0.15, -0.1) is 0 Å². The SMILES string of the molecule is COc1cc2nc(-c3ccccc3)cc3c2cc1/C=C/CC[C@@H](C)COC(=O)C[C@H]1CCCCC/C=C\[C@H]2C[C@@]2(C(=O)NS(=O)(=O)C2CC2)CC(=O)[C@@H]2C[C@H](CN2C1=O)O3. The molecule has 8 rings (SSSR count). The van der Waals surface area contributed by atoms with Gasteiger partial charge in [0.15, 0.2) is 5.78 Å². The number of nitrogens with zero attached hydrogens (tertiary/aromatic N) is 2. The van der Waals surface area contributed by atoms with E-state index in [2.05, 4.69) is 10.8 Å². The number of rotatable bonds is 5. The molecule has 12 nitrogen and oxygen atoms in total. The Morgan fingerprint density at radius 2 is 1.80 bits per heavy atom. The highest BCUT2D eigenvalue weighted by Gasteiger charge is 2.61. The Kier molecular flexibility index (Phi) is 12.2. The number of sulfonamides is 1. The normalized spacial score (nSPS) is 29.1. The van der Waals surface area contributed by atoms with Gasteiger partial charge in [-0.2, -0.15) is 0 Å². The van der Waals surface area contributed by atoms with E-state index in [0.717, 1.165) is 48.6 Å². The molecule has 1 saturated heterocycles. The first-order valence-corrected chi connectivity index (χ1v) is 23.1. The van der Waals surface area contributed by atoms with Crippen molar-refractivity contribution in [2.45, 2.75) is 108 Å². The fourth-order valence-electron chi connectivity index (χ4n) is 9.07. The molecule has 6 atom stereocenters. The number of cyclic esters (lactones) is 1. The van der Waals surface area contributed by atoms with Crippen molar-refractivity contribution in [2.75, 3.05) is 20.3 Å². The number of Topliss-reactive ketones (excluding diaryl/α,β-unsaturated/α-hetero) is 1. The number of nitrogens with one attached hydrogen (secondary N) is 1. The maximum atomic E-state index is 14.8. The molecule has 5 aliphatic rings. The van der Waals surface area contributed by atoms with Crippen molar-refractivity contribution in [3.63, 3.8) is 0 Å². The van der Waals surface area contributed by atoms with Crippen LogP contribution in [0.2, 0.25) is 0 Å². The van der Waals surface area contributed by atoms with Gasteiger partial charge in [-0.1, -0.05) is 74.4 Å². The Bertz CT molecular complexity index is 2310. The van der Waals surface area contributed by atoms with E-state index in [-0.39, 0.29) is 55.9 Å². The number of ketones is 1. The summed E-state index contributed by atoms with van der Waals surface area (Å²) in [5.41, 5.74) is 1.79. The van der Waals surface area contributed by atoms with Crippen LogP contribution in [0, 0.1) is 23.2 Å². The molecule has 0 spiro atoms. The molecular weight excluding hydrogens is 783 g/mol. The molecule has 3 aromatic rings. The van der Waals surface area contributed by atoms with Crippen LogP contribution in [-0.2, 0) is 33.9 Å². The standard InChI is InChI=1S/C47H55N3O9S/c1-30-13-11-12-16-32-21-37-39(25-42(32)57-2)48-38(31-14-8-6-9-15-31)24-43(37)59-35-23-40-41(51)27-47(46(54)49-60(55,56)36-19-20-36)26-34(47)18-10-5-3-4-7-17-33(22-44(52)58-29-30)45(53)50(40)28-35/h6,8-10,12,14-16,18,21,24-25,30,33-36,40H,3-5,7,11,13,17,19-20,22-23,26-29H2,1-2H3,(H,49,54)/b16-12+,18-10-/t30-,33-,34+,35-,40+,47-/m1/s1. The van der Waals surface area contributed by atoms with Crippen molar-refractivity contribution >= 4 is 50.6 Å². The number of pyridine rings is 1. The van der Waals surface area contributed by atoms with E-state index < -0.39 is 50.6 Å². The summed E-state index contributed by atoms with van der Waals surface area (Å²) in [7, 11) is -2.24. The van der Waals surface area contributed by atoms with Gasteiger partial charge in [-0.25, -0.2) is 13.4 Å². The fourth-order valence-corrected chi connectivity index (χ4v) is 10.5. The molecule has 318 valence electrons. The molecule has 0 radical (unpaired) electrons. The van der Waals surface area contributed by atoms with Crippen LogP contribution >= 0.6 is 0 Å². The molecule has 1 N–H and O–H groups in total. The third-order valence-corrected chi connectivity index (χ3v) is 14.7. The lowest BCUT2D eigenvalue weighted by molar-refractivity contribution is -0.151. The highest BCUT2D eigenvalue weighted by molar-refractivity contribution is 7.90. The minimum atomic E-state index is -3.86.